The van der Waals surface area contributed by atoms with Crippen LogP contribution in [0.4, 0.5) is 0 Å². The molecule has 0 amide bonds. The van der Waals surface area contributed by atoms with Crippen molar-refractivity contribution < 1.29 is 17.9 Å². The summed E-state index contributed by atoms with van der Waals surface area (Å²) in [6, 6.07) is 9.72. The van der Waals surface area contributed by atoms with Crippen molar-refractivity contribution in [2.75, 3.05) is 6.61 Å². The molecule has 1 aromatic carbocycles. The van der Waals surface area contributed by atoms with Crippen molar-refractivity contribution in [3.05, 3.63) is 35.9 Å². The van der Waals surface area contributed by atoms with Crippen LogP contribution in [0.5, 0.6) is 0 Å². The minimum atomic E-state index is -1.79. The Bertz CT molecular complexity index is 423. The first kappa shape index (κ1) is 13.6. The van der Waals surface area contributed by atoms with E-state index >= 15 is 0 Å². The molecule has 5 nitrogen and oxygen atoms in total. The van der Waals surface area contributed by atoms with Crippen molar-refractivity contribution in [2.24, 2.45) is 5.14 Å². The maximum Gasteiger partial charge on any atom is 0.231 e. The molecule has 1 fully saturated rings. The van der Waals surface area contributed by atoms with Crippen molar-refractivity contribution in [1.82, 2.24) is 0 Å². The molecule has 1 aromatic rings. The van der Waals surface area contributed by atoms with Gasteiger partial charge in [0.05, 0.1) is 6.61 Å². The summed E-state index contributed by atoms with van der Waals surface area (Å²) < 4.78 is 27.3. The number of benzene rings is 1. The molecular weight excluding hydrogens is 254 g/mol. The summed E-state index contributed by atoms with van der Waals surface area (Å²) in [6.45, 7) is 3.80. The van der Waals surface area contributed by atoms with Crippen LogP contribution in [-0.2, 0) is 24.9 Å². The molecule has 1 aliphatic rings. The smallest absolute Gasteiger partial charge is 0.231 e. The second-order valence-electron chi connectivity index (χ2n) is 4.55. The molecule has 0 spiro atoms. The quantitative estimate of drug-likeness (QED) is 0.899. The van der Waals surface area contributed by atoms with E-state index in [9.17, 15) is 4.21 Å². The second kappa shape index (κ2) is 5.46. The summed E-state index contributed by atoms with van der Waals surface area (Å²) in [4.78, 5) is 0. The fourth-order valence-corrected chi connectivity index (χ4v) is 2.28. The van der Waals surface area contributed by atoms with Crippen molar-refractivity contribution in [2.45, 2.75) is 31.8 Å². The lowest BCUT2D eigenvalue weighted by atomic mass is 10.1. The SMILES string of the molecule is CC1(C)O[C@H](c2ccccc2)[C@@H](COS(N)=O)O1. The van der Waals surface area contributed by atoms with Crippen LogP contribution in [0.1, 0.15) is 25.5 Å². The molecule has 0 aromatic heterocycles. The zero-order valence-electron chi connectivity index (χ0n) is 10.4. The fourth-order valence-electron chi connectivity index (χ4n) is 2.02. The van der Waals surface area contributed by atoms with Crippen LogP contribution >= 0.6 is 0 Å². The van der Waals surface area contributed by atoms with Crippen LogP contribution in [0, 0.1) is 0 Å². The number of hydrogen-bond donors (Lipinski definition) is 1. The van der Waals surface area contributed by atoms with Gasteiger partial charge in [-0.15, -0.1) is 0 Å². The number of hydrogen-bond acceptors (Lipinski definition) is 4. The normalized spacial score (nSPS) is 28.2. The van der Waals surface area contributed by atoms with Crippen LogP contribution in [0.3, 0.4) is 0 Å². The van der Waals surface area contributed by atoms with Gasteiger partial charge in [0, 0.05) is 0 Å². The van der Waals surface area contributed by atoms with E-state index in [1.54, 1.807) is 0 Å². The molecule has 2 rings (SSSR count). The van der Waals surface area contributed by atoms with Gasteiger partial charge in [-0.2, -0.15) is 0 Å². The van der Waals surface area contributed by atoms with Gasteiger partial charge in [-0.1, -0.05) is 30.3 Å². The highest BCUT2D eigenvalue weighted by atomic mass is 32.2. The fraction of sp³-hybridized carbons (Fsp3) is 0.500. The monoisotopic (exact) mass is 271 g/mol. The first-order valence-corrected chi connectivity index (χ1v) is 6.82. The van der Waals surface area contributed by atoms with Crippen molar-refractivity contribution >= 4 is 11.3 Å². The van der Waals surface area contributed by atoms with Gasteiger partial charge in [0.1, 0.15) is 12.2 Å². The standard InChI is InChI=1S/C12H17NO4S/c1-12(2)16-10(8-15-18(13)14)11(17-12)9-6-4-3-5-7-9/h3-7,10-11H,8,13H2,1-2H3/t10-,11-,18?/m1/s1. The Hall–Kier alpha value is -0.790. The highest BCUT2D eigenvalue weighted by Gasteiger charge is 2.42. The minimum Gasteiger partial charge on any atom is -0.342 e. The Morgan fingerprint density at radius 1 is 1.33 bits per heavy atom. The van der Waals surface area contributed by atoms with Crippen LogP contribution in [0.2, 0.25) is 0 Å². The zero-order chi connectivity index (χ0) is 13.2. The average molecular weight is 271 g/mol. The highest BCUT2D eigenvalue weighted by Crippen LogP contribution is 2.38. The van der Waals surface area contributed by atoms with Crippen LogP contribution in [-0.4, -0.2) is 22.7 Å². The topological polar surface area (TPSA) is 70.8 Å². The van der Waals surface area contributed by atoms with Gasteiger partial charge in [0.15, 0.2) is 5.79 Å². The molecule has 3 atom stereocenters. The van der Waals surface area contributed by atoms with Gasteiger partial charge >= 0.3 is 0 Å². The molecule has 6 heteroatoms. The second-order valence-corrected chi connectivity index (χ2v) is 5.31. The number of nitrogens with two attached hydrogens (primary N) is 1. The van der Waals surface area contributed by atoms with Gasteiger partial charge < -0.3 is 9.47 Å². The molecule has 1 aliphatic heterocycles. The summed E-state index contributed by atoms with van der Waals surface area (Å²) >= 11 is -1.79. The largest absolute Gasteiger partial charge is 0.342 e. The van der Waals surface area contributed by atoms with E-state index in [0.29, 0.717) is 0 Å². The average Bonchev–Trinajstić information content (AvgIpc) is 2.63. The lowest BCUT2D eigenvalue weighted by Gasteiger charge is -2.16. The van der Waals surface area contributed by atoms with E-state index in [-0.39, 0.29) is 18.8 Å². The van der Waals surface area contributed by atoms with Crippen LogP contribution < -0.4 is 5.14 Å². The Kier molecular flexibility index (Phi) is 4.14. The summed E-state index contributed by atoms with van der Waals surface area (Å²) in [5.74, 6) is -0.690. The van der Waals surface area contributed by atoms with Gasteiger partial charge in [0.25, 0.3) is 0 Å². The van der Waals surface area contributed by atoms with E-state index in [1.807, 2.05) is 44.2 Å². The summed E-state index contributed by atoms with van der Waals surface area (Å²) in [6.07, 6.45) is -0.570. The third kappa shape index (κ3) is 3.37. The molecule has 18 heavy (non-hydrogen) atoms. The maximum absolute atomic E-state index is 10.8. The molecule has 0 saturated carbocycles. The number of rotatable bonds is 4. The Morgan fingerprint density at radius 2 is 2.00 bits per heavy atom. The van der Waals surface area contributed by atoms with Crippen LogP contribution in [0.25, 0.3) is 0 Å². The van der Waals surface area contributed by atoms with Crippen molar-refractivity contribution in [3.8, 4) is 0 Å². The summed E-state index contributed by atoms with van der Waals surface area (Å²) in [7, 11) is 0. The Labute approximate surface area is 109 Å². The highest BCUT2D eigenvalue weighted by molar-refractivity contribution is 7.77. The first-order valence-electron chi connectivity index (χ1n) is 5.68. The summed E-state index contributed by atoms with van der Waals surface area (Å²) in [5, 5.41) is 5.08. The summed E-state index contributed by atoms with van der Waals surface area (Å²) in [5.41, 5.74) is 1.000. The molecule has 1 heterocycles. The van der Waals surface area contributed by atoms with E-state index in [4.69, 9.17) is 18.8 Å². The minimum absolute atomic E-state index is 0.131. The lowest BCUT2D eigenvalue weighted by Crippen LogP contribution is -2.26. The molecule has 1 saturated heterocycles. The first-order chi connectivity index (χ1) is 8.48. The third-order valence-corrected chi connectivity index (χ3v) is 3.03. The lowest BCUT2D eigenvalue weighted by molar-refractivity contribution is -0.148. The molecule has 0 aliphatic carbocycles. The molecule has 0 radical (unpaired) electrons. The molecular formula is C12H17NO4S. The molecule has 100 valence electrons. The van der Waals surface area contributed by atoms with Crippen molar-refractivity contribution in [3.63, 3.8) is 0 Å². The third-order valence-electron chi connectivity index (χ3n) is 2.66. The van der Waals surface area contributed by atoms with E-state index in [2.05, 4.69) is 0 Å². The molecule has 0 bridgehead atoms. The van der Waals surface area contributed by atoms with E-state index in [1.165, 1.54) is 0 Å². The van der Waals surface area contributed by atoms with E-state index < -0.39 is 17.1 Å². The molecule has 1 unspecified atom stereocenters. The zero-order valence-corrected chi connectivity index (χ0v) is 11.2. The van der Waals surface area contributed by atoms with Crippen molar-refractivity contribution in [1.29, 1.82) is 0 Å². The predicted molar refractivity (Wildman–Crippen MR) is 67.5 cm³/mol. The van der Waals surface area contributed by atoms with Gasteiger partial charge in [-0.05, 0) is 19.4 Å². The van der Waals surface area contributed by atoms with Gasteiger partial charge in [0.2, 0.25) is 11.3 Å². The maximum atomic E-state index is 10.8. The number of ether oxygens (including phenoxy) is 2. The predicted octanol–water partition coefficient (Wildman–Crippen LogP) is 1.43. The Morgan fingerprint density at radius 3 is 2.61 bits per heavy atom. The van der Waals surface area contributed by atoms with E-state index in [0.717, 1.165) is 5.56 Å². The Balaban J connectivity index is 2.13. The van der Waals surface area contributed by atoms with Crippen LogP contribution in [0.15, 0.2) is 30.3 Å². The van der Waals surface area contributed by atoms with Gasteiger partial charge in [-0.25, -0.2) is 9.35 Å². The van der Waals surface area contributed by atoms with Gasteiger partial charge in [-0.3, -0.25) is 4.18 Å². The molecule has 2 N–H and O–H groups in total.